The van der Waals surface area contributed by atoms with Crippen molar-refractivity contribution in [2.45, 2.75) is 25.9 Å². The topological polar surface area (TPSA) is 47.9 Å². The zero-order valence-corrected chi connectivity index (χ0v) is 12.5. The van der Waals surface area contributed by atoms with Crippen LogP contribution in [0.25, 0.3) is 0 Å². The second kappa shape index (κ2) is 7.78. The fourth-order valence-corrected chi connectivity index (χ4v) is 1.50. The highest BCUT2D eigenvalue weighted by Crippen LogP contribution is 2.24. The molecule has 20 heavy (non-hydrogen) atoms. The van der Waals surface area contributed by atoms with Gasteiger partial charge in [0.15, 0.2) is 0 Å². The van der Waals surface area contributed by atoms with Gasteiger partial charge in [-0.3, -0.25) is 0 Å². The van der Waals surface area contributed by atoms with E-state index >= 15 is 0 Å². The van der Waals surface area contributed by atoms with Crippen LogP contribution in [0, 0.1) is 11.8 Å². The van der Waals surface area contributed by atoms with E-state index in [1.165, 1.54) is 0 Å². The van der Waals surface area contributed by atoms with E-state index in [-0.39, 0.29) is 12.2 Å². The van der Waals surface area contributed by atoms with E-state index < -0.39 is 0 Å². The van der Waals surface area contributed by atoms with Gasteiger partial charge in [-0.1, -0.05) is 11.8 Å². The summed E-state index contributed by atoms with van der Waals surface area (Å²) in [6.07, 6.45) is 0.766. The lowest BCUT2D eigenvalue weighted by Gasteiger charge is -2.22. The first-order valence-corrected chi connectivity index (χ1v) is 6.48. The molecule has 0 saturated heterocycles. The molecule has 0 atom stereocenters. The highest BCUT2D eigenvalue weighted by molar-refractivity contribution is 5.50. The number of hydrogen-bond acceptors (Lipinski definition) is 4. The van der Waals surface area contributed by atoms with E-state index in [4.69, 9.17) is 19.3 Å². The minimum Gasteiger partial charge on any atom is -0.497 e. The first-order valence-electron chi connectivity index (χ1n) is 6.48. The second-order valence-corrected chi connectivity index (χ2v) is 4.88. The van der Waals surface area contributed by atoms with Gasteiger partial charge < -0.3 is 19.3 Å². The predicted octanol–water partition coefficient (Wildman–Crippen LogP) is 2.23. The summed E-state index contributed by atoms with van der Waals surface area (Å²) in [5.74, 6) is 6.87. The van der Waals surface area contributed by atoms with Crippen molar-refractivity contribution in [1.29, 1.82) is 0 Å². The molecular formula is C16H22O4. The van der Waals surface area contributed by atoms with Crippen LogP contribution in [-0.2, 0) is 4.74 Å². The molecule has 1 aromatic rings. The molecule has 0 aliphatic heterocycles. The summed E-state index contributed by atoms with van der Waals surface area (Å²) in [4.78, 5) is 0. The third kappa shape index (κ3) is 5.12. The summed E-state index contributed by atoms with van der Waals surface area (Å²) in [5, 5.41) is 8.80. The van der Waals surface area contributed by atoms with Gasteiger partial charge in [0.1, 0.15) is 18.1 Å². The maximum absolute atomic E-state index is 8.80. The maximum atomic E-state index is 8.80. The molecule has 0 aromatic heterocycles. The molecule has 0 unspecified atom stereocenters. The Bertz CT molecular complexity index is 483. The van der Waals surface area contributed by atoms with E-state index in [9.17, 15) is 0 Å². The molecular weight excluding hydrogens is 256 g/mol. The number of ether oxygens (including phenoxy) is 3. The minimum absolute atomic E-state index is 0.187. The molecule has 1 aromatic carbocycles. The molecule has 0 radical (unpaired) electrons. The third-order valence-electron chi connectivity index (χ3n) is 3.00. The average Bonchev–Trinajstić information content (AvgIpc) is 2.45. The fraction of sp³-hybridized carbons (Fsp3) is 0.500. The monoisotopic (exact) mass is 278 g/mol. The first kappa shape index (κ1) is 16.4. The average molecular weight is 278 g/mol. The van der Waals surface area contributed by atoms with E-state index in [1.54, 1.807) is 20.3 Å². The van der Waals surface area contributed by atoms with Crippen LogP contribution in [0.15, 0.2) is 18.2 Å². The number of rotatable bonds is 6. The molecule has 0 aliphatic carbocycles. The lowest BCUT2D eigenvalue weighted by atomic mass is 10.1. The van der Waals surface area contributed by atoms with Crippen LogP contribution in [0.5, 0.6) is 11.5 Å². The van der Waals surface area contributed by atoms with Crippen molar-refractivity contribution >= 4 is 0 Å². The lowest BCUT2D eigenvalue weighted by molar-refractivity contribution is 0.00543. The molecule has 0 bridgehead atoms. The van der Waals surface area contributed by atoms with Crippen LogP contribution in [0.1, 0.15) is 25.8 Å². The molecule has 0 saturated carbocycles. The molecule has 0 spiro atoms. The normalized spacial score (nSPS) is 10.7. The summed E-state index contributed by atoms with van der Waals surface area (Å²) >= 11 is 0. The molecule has 1 N–H and O–H groups in total. The quantitative estimate of drug-likeness (QED) is 0.811. The molecule has 0 heterocycles. The van der Waals surface area contributed by atoms with Crippen molar-refractivity contribution in [2.24, 2.45) is 0 Å². The summed E-state index contributed by atoms with van der Waals surface area (Å²) < 4.78 is 16.3. The van der Waals surface area contributed by atoms with Gasteiger partial charge in [-0.15, -0.1) is 0 Å². The summed E-state index contributed by atoms with van der Waals surface area (Å²) in [6, 6.07) is 5.43. The smallest absolute Gasteiger partial charge is 0.135 e. The Hall–Kier alpha value is -1.70. The Labute approximate surface area is 120 Å². The van der Waals surface area contributed by atoms with Crippen molar-refractivity contribution in [3.05, 3.63) is 23.8 Å². The van der Waals surface area contributed by atoms with E-state index in [1.807, 2.05) is 26.0 Å². The van der Waals surface area contributed by atoms with Crippen molar-refractivity contribution in [3.8, 4) is 23.3 Å². The Balaban J connectivity index is 2.78. The van der Waals surface area contributed by atoms with Crippen molar-refractivity contribution in [1.82, 2.24) is 0 Å². The largest absolute Gasteiger partial charge is 0.497 e. The van der Waals surface area contributed by atoms with Crippen LogP contribution >= 0.6 is 0 Å². The van der Waals surface area contributed by atoms with Gasteiger partial charge in [-0.25, -0.2) is 0 Å². The zero-order valence-electron chi connectivity index (χ0n) is 12.5. The standard InChI is InChI=1S/C16H22O4/c1-16(2,19-4)9-11-20-15-8-7-14(18-3)12-13(15)6-5-10-17/h7-8,12,17H,9-11H2,1-4H3. The summed E-state index contributed by atoms with van der Waals surface area (Å²) in [7, 11) is 3.28. The van der Waals surface area contributed by atoms with Crippen LogP contribution in [-0.4, -0.2) is 38.1 Å². The Morgan fingerprint density at radius 1 is 1.25 bits per heavy atom. The lowest BCUT2D eigenvalue weighted by Crippen LogP contribution is -2.25. The summed E-state index contributed by atoms with van der Waals surface area (Å²) in [6.45, 7) is 4.36. The maximum Gasteiger partial charge on any atom is 0.135 e. The van der Waals surface area contributed by atoms with Crippen molar-refractivity contribution in [2.75, 3.05) is 27.4 Å². The van der Waals surface area contributed by atoms with Gasteiger partial charge in [-0.05, 0) is 32.0 Å². The molecule has 4 heteroatoms. The Morgan fingerprint density at radius 3 is 2.60 bits per heavy atom. The second-order valence-electron chi connectivity index (χ2n) is 4.88. The van der Waals surface area contributed by atoms with Gasteiger partial charge >= 0.3 is 0 Å². The predicted molar refractivity (Wildman–Crippen MR) is 78.2 cm³/mol. The molecule has 4 nitrogen and oxygen atoms in total. The molecule has 0 amide bonds. The number of methoxy groups -OCH3 is 2. The number of aliphatic hydroxyl groups excluding tert-OH is 1. The molecule has 0 aliphatic rings. The van der Waals surface area contributed by atoms with Crippen LogP contribution < -0.4 is 9.47 Å². The molecule has 0 fully saturated rings. The van der Waals surface area contributed by atoms with Gasteiger partial charge in [0.2, 0.25) is 0 Å². The Morgan fingerprint density at radius 2 is 2.00 bits per heavy atom. The van der Waals surface area contributed by atoms with Crippen LogP contribution in [0.4, 0.5) is 0 Å². The number of hydrogen-bond donors (Lipinski definition) is 1. The summed E-state index contributed by atoms with van der Waals surface area (Å²) in [5.41, 5.74) is 0.484. The third-order valence-corrected chi connectivity index (χ3v) is 3.00. The van der Waals surface area contributed by atoms with Crippen molar-refractivity contribution in [3.63, 3.8) is 0 Å². The van der Waals surface area contributed by atoms with Gasteiger partial charge in [0.25, 0.3) is 0 Å². The van der Waals surface area contributed by atoms with Crippen molar-refractivity contribution < 1.29 is 19.3 Å². The molecule has 1 rings (SSSR count). The molecule has 110 valence electrons. The van der Waals surface area contributed by atoms with Gasteiger partial charge in [0.05, 0.1) is 24.9 Å². The number of aliphatic hydroxyl groups is 1. The highest BCUT2D eigenvalue weighted by Gasteiger charge is 2.16. The number of benzene rings is 1. The van der Waals surface area contributed by atoms with E-state index in [0.29, 0.717) is 23.7 Å². The van der Waals surface area contributed by atoms with Crippen LogP contribution in [0.2, 0.25) is 0 Å². The van der Waals surface area contributed by atoms with Gasteiger partial charge in [-0.2, -0.15) is 0 Å². The minimum atomic E-state index is -0.219. The van der Waals surface area contributed by atoms with E-state index in [2.05, 4.69) is 11.8 Å². The van der Waals surface area contributed by atoms with Gasteiger partial charge in [0, 0.05) is 13.5 Å². The fourth-order valence-electron chi connectivity index (χ4n) is 1.50. The van der Waals surface area contributed by atoms with E-state index in [0.717, 1.165) is 6.42 Å². The Kier molecular flexibility index (Phi) is 6.37. The van der Waals surface area contributed by atoms with Crippen LogP contribution in [0.3, 0.4) is 0 Å². The zero-order chi connectivity index (χ0) is 15.0. The SMILES string of the molecule is COc1ccc(OCCC(C)(C)OC)c(C#CCO)c1. The highest BCUT2D eigenvalue weighted by atomic mass is 16.5. The first-order chi connectivity index (χ1) is 9.52.